The number of aromatic amines is 1. The number of imidazole rings is 1. The smallest absolute Gasteiger partial charge is 0.259 e. The lowest BCUT2D eigenvalue weighted by molar-refractivity contribution is 0.296. The maximum absolute atomic E-state index is 12.2. The zero-order valence-electron chi connectivity index (χ0n) is 12.1. The molecule has 1 heterocycles. The number of nitrogens with zero attached hydrogens (tertiary/aromatic N) is 2. The van der Waals surface area contributed by atoms with Gasteiger partial charge < -0.3 is 9.72 Å². The Hall–Kier alpha value is -1.86. The summed E-state index contributed by atoms with van der Waals surface area (Å²) in [7, 11) is -1.95. The first-order chi connectivity index (χ1) is 10.00. The molecule has 21 heavy (non-hydrogen) atoms. The molecule has 7 heteroatoms. The molecule has 0 aliphatic heterocycles. The van der Waals surface area contributed by atoms with Crippen LogP contribution in [0.5, 0.6) is 5.75 Å². The predicted octanol–water partition coefficient (Wildman–Crippen LogP) is 1.81. The zero-order valence-corrected chi connectivity index (χ0v) is 12.9. The van der Waals surface area contributed by atoms with Crippen molar-refractivity contribution < 1.29 is 13.2 Å². The molecule has 0 unspecified atom stereocenters. The lowest BCUT2D eigenvalue weighted by atomic mass is 10.3. The van der Waals surface area contributed by atoms with E-state index in [1.165, 1.54) is 10.5 Å². The highest BCUT2D eigenvalue weighted by Crippen LogP contribution is 2.12. The van der Waals surface area contributed by atoms with Gasteiger partial charge in [-0.1, -0.05) is 18.2 Å². The molecule has 1 aromatic heterocycles. The highest BCUT2D eigenvalue weighted by Gasteiger charge is 2.22. The van der Waals surface area contributed by atoms with E-state index in [1.54, 1.807) is 14.0 Å². The fraction of sp³-hybridized carbons (Fsp3) is 0.357. The summed E-state index contributed by atoms with van der Waals surface area (Å²) in [6, 6.07) is 9.44. The lowest BCUT2D eigenvalue weighted by Gasteiger charge is -2.16. The van der Waals surface area contributed by atoms with Crippen molar-refractivity contribution in [3.63, 3.8) is 0 Å². The maximum Gasteiger partial charge on any atom is 0.259 e. The summed E-state index contributed by atoms with van der Waals surface area (Å²) < 4.78 is 31.3. The number of rotatable bonds is 7. The molecule has 114 valence electrons. The van der Waals surface area contributed by atoms with E-state index in [-0.39, 0.29) is 5.03 Å². The maximum atomic E-state index is 12.2. The van der Waals surface area contributed by atoms with E-state index in [4.69, 9.17) is 4.74 Å². The summed E-state index contributed by atoms with van der Waals surface area (Å²) in [5.41, 5.74) is 0. The summed E-state index contributed by atoms with van der Waals surface area (Å²) >= 11 is 0. The Morgan fingerprint density at radius 3 is 2.62 bits per heavy atom. The number of nitrogens with one attached hydrogen (secondary N) is 1. The fourth-order valence-corrected chi connectivity index (χ4v) is 2.98. The van der Waals surface area contributed by atoms with E-state index in [0.717, 1.165) is 5.75 Å². The van der Waals surface area contributed by atoms with Gasteiger partial charge in [-0.15, -0.1) is 0 Å². The summed E-state index contributed by atoms with van der Waals surface area (Å²) in [5, 5.41) is 0.117. The second-order valence-electron chi connectivity index (χ2n) is 4.67. The quantitative estimate of drug-likeness (QED) is 0.791. The normalized spacial score (nSPS) is 11.8. The molecule has 0 fully saturated rings. The third-order valence-electron chi connectivity index (χ3n) is 3.00. The van der Waals surface area contributed by atoms with Gasteiger partial charge in [0.25, 0.3) is 10.0 Å². The van der Waals surface area contributed by atoms with Crippen molar-refractivity contribution in [3.8, 4) is 5.75 Å². The van der Waals surface area contributed by atoms with Crippen LogP contribution in [-0.2, 0) is 10.0 Å². The highest BCUT2D eigenvalue weighted by atomic mass is 32.2. The van der Waals surface area contributed by atoms with E-state index >= 15 is 0 Å². The number of aromatic nitrogens is 2. The molecular weight excluding hydrogens is 290 g/mol. The fourth-order valence-electron chi connectivity index (χ4n) is 1.81. The largest absolute Gasteiger partial charge is 0.494 e. The standard InChI is InChI=1S/C14H19N3O3S/c1-12-15-11-14(16-12)21(18,19)17(2)9-6-10-20-13-7-4-3-5-8-13/h3-5,7-8,11H,6,9-10H2,1-2H3,(H,15,16). The molecule has 2 rings (SSSR count). The van der Waals surface area contributed by atoms with Crippen LogP contribution in [0.25, 0.3) is 0 Å². The van der Waals surface area contributed by atoms with E-state index < -0.39 is 10.0 Å². The Balaban J connectivity index is 1.83. The van der Waals surface area contributed by atoms with E-state index in [2.05, 4.69) is 9.97 Å². The molecule has 0 atom stereocenters. The van der Waals surface area contributed by atoms with Crippen LogP contribution in [0.15, 0.2) is 41.6 Å². The summed E-state index contributed by atoms with van der Waals surface area (Å²) in [4.78, 5) is 6.66. The van der Waals surface area contributed by atoms with Crippen molar-refractivity contribution in [2.45, 2.75) is 18.4 Å². The molecule has 0 bridgehead atoms. The molecule has 0 amide bonds. The van der Waals surface area contributed by atoms with Gasteiger partial charge in [-0.3, -0.25) is 0 Å². The molecule has 0 aliphatic rings. The van der Waals surface area contributed by atoms with Crippen molar-refractivity contribution in [2.75, 3.05) is 20.2 Å². The summed E-state index contributed by atoms with van der Waals surface area (Å²) in [6.07, 6.45) is 1.94. The van der Waals surface area contributed by atoms with Crippen molar-refractivity contribution in [1.29, 1.82) is 0 Å². The van der Waals surface area contributed by atoms with Crippen molar-refractivity contribution in [1.82, 2.24) is 14.3 Å². The molecule has 6 nitrogen and oxygen atoms in total. The molecule has 0 saturated carbocycles. The van der Waals surface area contributed by atoms with Gasteiger partial charge in [-0.05, 0) is 25.5 Å². The van der Waals surface area contributed by atoms with Crippen LogP contribution in [-0.4, -0.2) is 42.9 Å². The number of benzene rings is 1. The predicted molar refractivity (Wildman–Crippen MR) is 79.7 cm³/mol. The Morgan fingerprint density at radius 2 is 2.00 bits per heavy atom. The zero-order chi connectivity index (χ0) is 15.3. The second kappa shape index (κ2) is 6.73. The van der Waals surface area contributed by atoms with Gasteiger partial charge in [-0.25, -0.2) is 13.4 Å². The minimum absolute atomic E-state index is 0.117. The van der Waals surface area contributed by atoms with Gasteiger partial charge in [0.1, 0.15) is 11.6 Å². The topological polar surface area (TPSA) is 75.3 Å². The van der Waals surface area contributed by atoms with Gasteiger partial charge in [0.2, 0.25) is 0 Å². The number of sulfonamides is 1. The first kappa shape index (κ1) is 15.5. The molecule has 0 spiro atoms. The molecular formula is C14H19N3O3S. The van der Waals surface area contributed by atoms with Crippen molar-refractivity contribution in [3.05, 3.63) is 42.4 Å². The molecule has 1 N–H and O–H groups in total. The average Bonchev–Trinajstić information content (AvgIpc) is 2.92. The average molecular weight is 309 g/mol. The van der Waals surface area contributed by atoms with Crippen molar-refractivity contribution >= 4 is 10.0 Å². The van der Waals surface area contributed by atoms with Crippen LogP contribution < -0.4 is 4.74 Å². The van der Waals surface area contributed by atoms with Crippen LogP contribution in [0.2, 0.25) is 0 Å². The molecule has 1 aromatic carbocycles. The van der Waals surface area contributed by atoms with Gasteiger partial charge in [0, 0.05) is 13.6 Å². The number of aryl methyl sites for hydroxylation is 1. The summed E-state index contributed by atoms with van der Waals surface area (Å²) in [5.74, 6) is 1.36. The number of hydrogen-bond donors (Lipinski definition) is 1. The van der Waals surface area contributed by atoms with Crippen LogP contribution in [0.1, 0.15) is 12.2 Å². The number of hydrogen-bond acceptors (Lipinski definition) is 4. The third kappa shape index (κ3) is 4.05. The molecule has 2 aromatic rings. The van der Waals surface area contributed by atoms with Gasteiger partial charge in [0.15, 0.2) is 5.03 Å². The molecule has 0 aliphatic carbocycles. The van der Waals surface area contributed by atoms with E-state index in [1.807, 2.05) is 30.3 Å². The van der Waals surface area contributed by atoms with Crippen LogP contribution in [0, 0.1) is 6.92 Å². The van der Waals surface area contributed by atoms with Crippen LogP contribution >= 0.6 is 0 Å². The van der Waals surface area contributed by atoms with E-state index in [0.29, 0.717) is 25.4 Å². The van der Waals surface area contributed by atoms with Crippen LogP contribution in [0.4, 0.5) is 0 Å². The molecule has 0 saturated heterocycles. The van der Waals surface area contributed by atoms with Gasteiger partial charge in [-0.2, -0.15) is 4.31 Å². The van der Waals surface area contributed by atoms with E-state index in [9.17, 15) is 8.42 Å². The number of para-hydroxylation sites is 1. The first-order valence-electron chi connectivity index (χ1n) is 6.66. The van der Waals surface area contributed by atoms with Gasteiger partial charge >= 0.3 is 0 Å². The SMILES string of the molecule is Cc1ncc(S(=O)(=O)N(C)CCCOc2ccccc2)[nH]1. The molecule has 0 radical (unpaired) electrons. The number of ether oxygens (including phenoxy) is 1. The number of H-pyrrole nitrogens is 1. The Kier molecular flexibility index (Phi) is 4.98. The Morgan fingerprint density at radius 1 is 1.29 bits per heavy atom. The monoisotopic (exact) mass is 309 g/mol. The minimum Gasteiger partial charge on any atom is -0.494 e. The van der Waals surface area contributed by atoms with Crippen molar-refractivity contribution in [2.24, 2.45) is 0 Å². The Bertz CT molecular complexity index is 668. The first-order valence-corrected chi connectivity index (χ1v) is 8.10. The van der Waals surface area contributed by atoms with Gasteiger partial charge in [0.05, 0.1) is 12.8 Å². The minimum atomic E-state index is -3.50. The lowest BCUT2D eigenvalue weighted by Crippen LogP contribution is -2.29. The third-order valence-corrected chi connectivity index (χ3v) is 4.76. The van der Waals surface area contributed by atoms with Crippen LogP contribution in [0.3, 0.4) is 0 Å². The highest BCUT2D eigenvalue weighted by molar-refractivity contribution is 7.89. The second-order valence-corrected chi connectivity index (χ2v) is 6.69. The summed E-state index contributed by atoms with van der Waals surface area (Å²) in [6.45, 7) is 2.56. The Labute approximate surface area is 124 Å².